The van der Waals surface area contributed by atoms with Crippen LogP contribution in [0.25, 0.3) is 6.08 Å². The topological polar surface area (TPSA) is 79.1 Å². The van der Waals surface area contributed by atoms with Crippen LogP contribution in [0, 0.1) is 0 Å². The molecule has 0 unspecified atom stereocenters. The Bertz CT molecular complexity index is 1450. The Hall–Kier alpha value is -3.43. The predicted octanol–water partition coefficient (Wildman–Crippen LogP) is 3.82. The summed E-state index contributed by atoms with van der Waals surface area (Å²) in [7, 11) is 0. The third-order valence-corrected chi connectivity index (χ3v) is 7.16. The van der Waals surface area contributed by atoms with E-state index in [0.717, 1.165) is 10.4 Å². The van der Waals surface area contributed by atoms with Crippen molar-refractivity contribution in [3.05, 3.63) is 89.8 Å². The molecule has 1 atom stereocenters. The molecule has 2 aromatic heterocycles. The minimum atomic E-state index is -0.582. The predicted molar refractivity (Wildman–Crippen MR) is 138 cm³/mol. The number of nitrogens with zero attached hydrogens (tertiary/aromatic N) is 2. The van der Waals surface area contributed by atoms with E-state index in [1.54, 1.807) is 30.6 Å². The fourth-order valence-corrected chi connectivity index (χ4v) is 5.68. The largest absolute Gasteiger partial charge is 0.490 e. The van der Waals surface area contributed by atoms with Crippen molar-refractivity contribution in [3.63, 3.8) is 0 Å². The minimum Gasteiger partial charge on any atom is -0.490 e. The van der Waals surface area contributed by atoms with E-state index in [4.69, 9.17) is 14.2 Å². The van der Waals surface area contributed by atoms with Crippen LogP contribution in [-0.4, -0.2) is 30.4 Å². The minimum absolute atomic E-state index is 0.216. The molecule has 0 bridgehead atoms. The second-order valence-corrected chi connectivity index (χ2v) is 9.54. The van der Waals surface area contributed by atoms with Crippen molar-refractivity contribution in [2.75, 3.05) is 19.8 Å². The first kappa shape index (κ1) is 24.7. The Kier molecular flexibility index (Phi) is 7.67. The van der Waals surface area contributed by atoms with Crippen molar-refractivity contribution in [1.82, 2.24) is 4.57 Å². The summed E-state index contributed by atoms with van der Waals surface area (Å²) in [5.74, 6) is 0.739. The van der Waals surface area contributed by atoms with Gasteiger partial charge in [0.25, 0.3) is 5.56 Å². The third kappa shape index (κ3) is 5.01. The number of carbonyl (C=O) groups is 1. The highest BCUT2D eigenvalue weighted by Crippen LogP contribution is 2.33. The molecular weight excluding hydrogens is 484 g/mol. The summed E-state index contributed by atoms with van der Waals surface area (Å²) >= 11 is 2.77. The van der Waals surface area contributed by atoms with Gasteiger partial charge in [0, 0.05) is 4.88 Å². The summed E-state index contributed by atoms with van der Waals surface area (Å²) < 4.78 is 18.8. The summed E-state index contributed by atoms with van der Waals surface area (Å²) in [4.78, 5) is 32.5. The van der Waals surface area contributed by atoms with Crippen molar-refractivity contribution in [2.45, 2.75) is 26.8 Å². The number of thiophene rings is 1. The maximum atomic E-state index is 13.6. The van der Waals surface area contributed by atoms with E-state index in [0.29, 0.717) is 45.3 Å². The lowest BCUT2D eigenvalue weighted by atomic mass is 10.0. The van der Waals surface area contributed by atoms with Crippen molar-refractivity contribution in [3.8, 4) is 11.5 Å². The highest BCUT2D eigenvalue weighted by Gasteiger charge is 2.33. The number of rotatable bonds is 9. The average Bonchev–Trinajstić information content (AvgIpc) is 3.47. The molecule has 0 radical (unpaired) electrons. The number of carbonyl (C=O) groups excluding carboxylic acids is 1. The molecule has 0 saturated heterocycles. The van der Waals surface area contributed by atoms with Gasteiger partial charge in [-0.3, -0.25) is 9.36 Å². The molecule has 1 aliphatic rings. The van der Waals surface area contributed by atoms with Gasteiger partial charge in [0.15, 0.2) is 16.3 Å². The first-order chi connectivity index (χ1) is 17.0. The number of esters is 1. The maximum Gasteiger partial charge on any atom is 0.338 e. The molecule has 0 amide bonds. The summed E-state index contributed by atoms with van der Waals surface area (Å²) in [5.41, 5.74) is 1.51. The van der Waals surface area contributed by atoms with Crippen LogP contribution < -0.4 is 24.4 Å². The van der Waals surface area contributed by atoms with Crippen LogP contribution in [0.3, 0.4) is 0 Å². The van der Waals surface area contributed by atoms with Crippen LogP contribution in [0.4, 0.5) is 0 Å². The molecule has 0 fully saturated rings. The number of hydrogen-bond acceptors (Lipinski definition) is 8. The van der Waals surface area contributed by atoms with Crippen LogP contribution >= 0.6 is 22.7 Å². The lowest BCUT2D eigenvalue weighted by molar-refractivity contribution is -0.139. The zero-order chi connectivity index (χ0) is 24.9. The Morgan fingerprint density at radius 2 is 2.03 bits per heavy atom. The van der Waals surface area contributed by atoms with Gasteiger partial charge in [0.2, 0.25) is 0 Å². The standard InChI is InChI=1S/C26H26N2O5S2/c1-5-12-33-18-11-10-17(14-19(18)31-6-2)15-21-24(29)28-23(20-9-8-13-34-20)22(25(30)32-7-3)16(4)27-26(28)35-21/h5,8-11,13-15,23H,1,6-7,12H2,2-4H3/b21-15-/t23-/m1/s1. The van der Waals surface area contributed by atoms with Crippen LogP contribution in [0.2, 0.25) is 0 Å². The lowest BCUT2D eigenvalue weighted by Gasteiger charge is -2.23. The highest BCUT2D eigenvalue weighted by atomic mass is 32.1. The van der Waals surface area contributed by atoms with Crippen molar-refractivity contribution in [1.29, 1.82) is 0 Å². The first-order valence-electron chi connectivity index (χ1n) is 11.2. The molecule has 3 aromatic rings. The van der Waals surface area contributed by atoms with Gasteiger partial charge in [-0.25, -0.2) is 9.79 Å². The fourth-order valence-electron chi connectivity index (χ4n) is 3.81. The van der Waals surface area contributed by atoms with E-state index in [2.05, 4.69) is 11.6 Å². The molecule has 182 valence electrons. The van der Waals surface area contributed by atoms with E-state index >= 15 is 0 Å². The fraction of sp³-hybridized carbons (Fsp3) is 0.269. The number of allylic oxidation sites excluding steroid dienone is 1. The van der Waals surface area contributed by atoms with E-state index < -0.39 is 12.0 Å². The van der Waals surface area contributed by atoms with Gasteiger partial charge in [-0.1, -0.05) is 36.1 Å². The summed E-state index contributed by atoms with van der Waals surface area (Å²) in [6, 6.07) is 8.76. The second kappa shape index (κ2) is 10.9. The molecule has 0 saturated carbocycles. The molecule has 4 rings (SSSR count). The first-order valence-corrected chi connectivity index (χ1v) is 12.9. The Balaban J connectivity index is 1.84. The smallest absolute Gasteiger partial charge is 0.338 e. The van der Waals surface area contributed by atoms with Gasteiger partial charge in [-0.05, 0) is 56.0 Å². The van der Waals surface area contributed by atoms with Gasteiger partial charge >= 0.3 is 5.97 Å². The van der Waals surface area contributed by atoms with Gasteiger partial charge in [-0.2, -0.15) is 0 Å². The zero-order valence-corrected chi connectivity index (χ0v) is 21.4. The highest BCUT2D eigenvalue weighted by molar-refractivity contribution is 7.10. The molecule has 7 nitrogen and oxygen atoms in total. The van der Waals surface area contributed by atoms with E-state index in [1.165, 1.54) is 22.7 Å². The number of benzene rings is 1. The molecule has 0 spiro atoms. The molecule has 1 aromatic carbocycles. The molecule has 3 heterocycles. The number of aromatic nitrogens is 1. The molecule has 35 heavy (non-hydrogen) atoms. The monoisotopic (exact) mass is 510 g/mol. The number of hydrogen-bond donors (Lipinski definition) is 0. The molecule has 0 N–H and O–H groups in total. The van der Waals surface area contributed by atoms with Crippen LogP contribution in [0.5, 0.6) is 11.5 Å². The van der Waals surface area contributed by atoms with Crippen LogP contribution in [0.15, 0.2) is 69.4 Å². The Morgan fingerprint density at radius 1 is 1.20 bits per heavy atom. The quantitative estimate of drug-likeness (QED) is 0.323. The molecular formula is C26H26N2O5S2. The Labute approximate surface area is 210 Å². The Morgan fingerprint density at radius 3 is 2.71 bits per heavy atom. The number of fused-ring (bicyclic) bond motifs is 1. The van der Waals surface area contributed by atoms with Gasteiger partial charge in [0.1, 0.15) is 12.6 Å². The van der Waals surface area contributed by atoms with E-state index in [1.807, 2.05) is 42.6 Å². The van der Waals surface area contributed by atoms with Crippen LogP contribution in [0.1, 0.15) is 37.3 Å². The molecule has 1 aliphatic heterocycles. The van der Waals surface area contributed by atoms with E-state index in [-0.39, 0.29) is 12.2 Å². The second-order valence-electron chi connectivity index (χ2n) is 7.56. The number of ether oxygens (including phenoxy) is 3. The normalized spacial score (nSPS) is 15.4. The van der Waals surface area contributed by atoms with Crippen LogP contribution in [-0.2, 0) is 9.53 Å². The average molecular weight is 511 g/mol. The van der Waals surface area contributed by atoms with Crippen molar-refractivity contribution < 1.29 is 19.0 Å². The summed E-state index contributed by atoms with van der Waals surface area (Å²) in [6.45, 7) is 10.2. The summed E-state index contributed by atoms with van der Waals surface area (Å²) in [5, 5.41) is 1.93. The van der Waals surface area contributed by atoms with Gasteiger partial charge in [-0.15, -0.1) is 11.3 Å². The van der Waals surface area contributed by atoms with Crippen molar-refractivity contribution in [2.24, 2.45) is 4.99 Å². The molecule has 0 aliphatic carbocycles. The third-order valence-electron chi connectivity index (χ3n) is 5.25. The van der Waals surface area contributed by atoms with Gasteiger partial charge in [0.05, 0.1) is 29.0 Å². The molecule has 9 heteroatoms. The van der Waals surface area contributed by atoms with Gasteiger partial charge < -0.3 is 14.2 Å². The summed E-state index contributed by atoms with van der Waals surface area (Å²) in [6.07, 6.45) is 3.47. The number of thiazole rings is 1. The maximum absolute atomic E-state index is 13.6. The van der Waals surface area contributed by atoms with Crippen molar-refractivity contribution >= 4 is 34.7 Å². The lowest BCUT2D eigenvalue weighted by Crippen LogP contribution is -2.39. The SMILES string of the molecule is C=CCOc1ccc(/C=c2\sc3n(c2=O)[C@H](c2cccs2)C(C(=O)OCC)=C(C)N=3)cc1OCC. The zero-order valence-electron chi connectivity index (χ0n) is 19.8. The van der Waals surface area contributed by atoms with E-state index in [9.17, 15) is 9.59 Å².